The molecule has 0 aromatic rings. The van der Waals surface area contributed by atoms with Crippen LogP contribution in [0.4, 0.5) is 0 Å². The molecule has 0 aromatic carbocycles. The van der Waals surface area contributed by atoms with E-state index in [1.807, 2.05) is 0 Å². The second-order valence-corrected chi connectivity index (χ2v) is 4.86. The first-order valence-electron chi connectivity index (χ1n) is 6.46. The number of ether oxygens (including phenoxy) is 3. The Balaban J connectivity index is 2.00. The van der Waals surface area contributed by atoms with Crippen molar-refractivity contribution in [3.8, 4) is 0 Å². The molecule has 1 aliphatic carbocycles. The van der Waals surface area contributed by atoms with Gasteiger partial charge in [-0.05, 0) is 26.7 Å². The lowest BCUT2D eigenvalue weighted by Crippen LogP contribution is -2.45. The first kappa shape index (κ1) is 13.7. The van der Waals surface area contributed by atoms with E-state index in [1.165, 1.54) is 6.92 Å². The SMILES string of the molecule is CCOC(=O)C1CCC2(CC1)OC(=O)C(C)=C(O)O2. The van der Waals surface area contributed by atoms with E-state index in [2.05, 4.69) is 0 Å². The van der Waals surface area contributed by atoms with Crippen molar-refractivity contribution in [2.45, 2.75) is 45.3 Å². The summed E-state index contributed by atoms with van der Waals surface area (Å²) in [5.74, 6) is -2.49. The van der Waals surface area contributed by atoms with Gasteiger partial charge in [0.2, 0.25) is 0 Å². The van der Waals surface area contributed by atoms with Gasteiger partial charge in [-0.15, -0.1) is 0 Å². The Hall–Kier alpha value is -1.72. The number of hydrogen-bond acceptors (Lipinski definition) is 6. The number of hydrogen-bond donors (Lipinski definition) is 1. The summed E-state index contributed by atoms with van der Waals surface area (Å²) in [6, 6.07) is 0. The summed E-state index contributed by atoms with van der Waals surface area (Å²) in [7, 11) is 0. The van der Waals surface area contributed by atoms with Crippen molar-refractivity contribution in [2.24, 2.45) is 5.92 Å². The van der Waals surface area contributed by atoms with Gasteiger partial charge in [-0.2, -0.15) is 0 Å². The van der Waals surface area contributed by atoms with E-state index in [4.69, 9.17) is 14.2 Å². The third-order valence-electron chi connectivity index (χ3n) is 3.56. The van der Waals surface area contributed by atoms with Gasteiger partial charge in [0, 0.05) is 12.8 Å². The van der Waals surface area contributed by atoms with Gasteiger partial charge in [-0.25, -0.2) is 4.79 Å². The molecule has 6 nitrogen and oxygen atoms in total. The minimum atomic E-state index is -1.12. The molecular weight excluding hydrogens is 252 g/mol. The van der Waals surface area contributed by atoms with Crippen molar-refractivity contribution in [3.63, 3.8) is 0 Å². The van der Waals surface area contributed by atoms with Crippen LogP contribution in [-0.4, -0.2) is 29.4 Å². The lowest BCUT2D eigenvalue weighted by Gasteiger charge is -2.40. The number of aliphatic hydroxyl groups is 1. The molecule has 0 radical (unpaired) electrons. The molecule has 1 N–H and O–H groups in total. The smallest absolute Gasteiger partial charge is 0.344 e. The van der Waals surface area contributed by atoms with E-state index >= 15 is 0 Å². The lowest BCUT2D eigenvalue weighted by atomic mass is 9.84. The van der Waals surface area contributed by atoms with E-state index in [9.17, 15) is 14.7 Å². The second kappa shape index (κ2) is 5.11. The van der Waals surface area contributed by atoms with Crippen LogP contribution in [-0.2, 0) is 23.8 Å². The standard InChI is InChI=1S/C13H18O6/c1-3-17-12(16)9-4-6-13(7-5-9)18-10(14)8(2)11(15)19-13/h9,14H,3-7H2,1-2H3. The Morgan fingerprint density at radius 2 is 2.05 bits per heavy atom. The monoisotopic (exact) mass is 270 g/mol. The van der Waals surface area contributed by atoms with Crippen LogP contribution in [0, 0.1) is 5.92 Å². The summed E-state index contributed by atoms with van der Waals surface area (Å²) in [4.78, 5) is 23.2. The fourth-order valence-corrected chi connectivity index (χ4v) is 2.36. The number of esters is 2. The maximum atomic E-state index is 11.6. The molecule has 2 aliphatic rings. The predicted molar refractivity (Wildman–Crippen MR) is 63.8 cm³/mol. The highest BCUT2D eigenvalue weighted by molar-refractivity contribution is 5.88. The Labute approximate surface area is 111 Å². The molecular formula is C13H18O6. The van der Waals surface area contributed by atoms with E-state index < -0.39 is 11.8 Å². The van der Waals surface area contributed by atoms with Crippen molar-refractivity contribution >= 4 is 11.9 Å². The maximum absolute atomic E-state index is 11.6. The number of carbonyl (C=O) groups excluding carboxylic acids is 2. The summed E-state index contributed by atoms with van der Waals surface area (Å²) < 4.78 is 15.6. The molecule has 1 heterocycles. The van der Waals surface area contributed by atoms with Crippen LogP contribution in [0.2, 0.25) is 0 Å². The fraction of sp³-hybridized carbons (Fsp3) is 0.692. The van der Waals surface area contributed by atoms with Gasteiger partial charge in [0.25, 0.3) is 11.7 Å². The van der Waals surface area contributed by atoms with Crippen molar-refractivity contribution in [2.75, 3.05) is 6.61 Å². The average Bonchev–Trinajstić information content (AvgIpc) is 2.37. The first-order valence-corrected chi connectivity index (χ1v) is 6.46. The highest BCUT2D eigenvalue weighted by Gasteiger charge is 2.46. The molecule has 1 saturated carbocycles. The minimum absolute atomic E-state index is 0.0677. The van der Waals surface area contributed by atoms with E-state index in [-0.39, 0.29) is 23.4 Å². The zero-order valence-corrected chi connectivity index (χ0v) is 11.1. The van der Waals surface area contributed by atoms with Crippen LogP contribution in [0.5, 0.6) is 0 Å². The molecule has 2 rings (SSSR count). The molecule has 0 unspecified atom stereocenters. The van der Waals surface area contributed by atoms with Gasteiger partial charge in [-0.3, -0.25) is 4.79 Å². The molecule has 19 heavy (non-hydrogen) atoms. The Morgan fingerprint density at radius 1 is 1.42 bits per heavy atom. The summed E-state index contributed by atoms with van der Waals surface area (Å²) in [5.41, 5.74) is 0.0677. The lowest BCUT2D eigenvalue weighted by molar-refractivity contribution is -0.252. The van der Waals surface area contributed by atoms with Crippen molar-refractivity contribution in [3.05, 3.63) is 11.5 Å². The van der Waals surface area contributed by atoms with Crippen LogP contribution < -0.4 is 0 Å². The highest BCUT2D eigenvalue weighted by Crippen LogP contribution is 2.40. The average molecular weight is 270 g/mol. The highest BCUT2D eigenvalue weighted by atomic mass is 16.8. The van der Waals surface area contributed by atoms with Crippen LogP contribution in [0.1, 0.15) is 39.5 Å². The zero-order chi connectivity index (χ0) is 14.0. The van der Waals surface area contributed by atoms with E-state index in [0.717, 1.165) is 0 Å². The van der Waals surface area contributed by atoms with Crippen LogP contribution in [0.25, 0.3) is 0 Å². The molecule has 0 aromatic heterocycles. The van der Waals surface area contributed by atoms with Gasteiger partial charge in [0.05, 0.1) is 12.5 Å². The van der Waals surface area contributed by atoms with Crippen molar-refractivity contribution in [1.29, 1.82) is 0 Å². The Morgan fingerprint density at radius 3 is 2.58 bits per heavy atom. The number of carbonyl (C=O) groups is 2. The van der Waals surface area contributed by atoms with Gasteiger partial charge in [-0.1, -0.05) is 0 Å². The molecule has 1 aliphatic heterocycles. The molecule has 1 fully saturated rings. The van der Waals surface area contributed by atoms with Gasteiger partial charge in [0.15, 0.2) is 0 Å². The van der Waals surface area contributed by atoms with Crippen molar-refractivity contribution < 1.29 is 28.9 Å². The molecule has 6 heteroatoms. The predicted octanol–water partition coefficient (Wildman–Crippen LogP) is 1.80. The van der Waals surface area contributed by atoms with E-state index in [0.29, 0.717) is 32.3 Å². The quantitative estimate of drug-likeness (QED) is 0.770. The molecule has 0 atom stereocenters. The van der Waals surface area contributed by atoms with Gasteiger partial charge < -0.3 is 19.3 Å². The minimum Gasteiger partial charge on any atom is -0.481 e. The molecule has 0 bridgehead atoms. The molecule has 1 spiro atoms. The number of rotatable bonds is 2. The van der Waals surface area contributed by atoms with Crippen molar-refractivity contribution in [1.82, 2.24) is 0 Å². The summed E-state index contributed by atoms with van der Waals surface area (Å²) in [5, 5.41) is 9.59. The summed E-state index contributed by atoms with van der Waals surface area (Å²) in [6.07, 6.45) is 1.77. The summed E-state index contributed by atoms with van der Waals surface area (Å²) in [6.45, 7) is 3.56. The molecule has 0 saturated heterocycles. The third kappa shape index (κ3) is 2.67. The summed E-state index contributed by atoms with van der Waals surface area (Å²) >= 11 is 0. The third-order valence-corrected chi connectivity index (χ3v) is 3.56. The Bertz CT molecular complexity index is 417. The van der Waals surface area contributed by atoms with Gasteiger partial charge in [0.1, 0.15) is 5.57 Å². The van der Waals surface area contributed by atoms with Crippen LogP contribution >= 0.6 is 0 Å². The van der Waals surface area contributed by atoms with Gasteiger partial charge >= 0.3 is 11.9 Å². The normalized spacial score (nSPS) is 30.8. The van der Waals surface area contributed by atoms with Crippen LogP contribution in [0.3, 0.4) is 0 Å². The topological polar surface area (TPSA) is 82.1 Å². The zero-order valence-electron chi connectivity index (χ0n) is 11.1. The number of aliphatic hydroxyl groups excluding tert-OH is 1. The maximum Gasteiger partial charge on any atom is 0.344 e. The first-order chi connectivity index (χ1) is 8.97. The largest absolute Gasteiger partial charge is 0.481 e. The van der Waals surface area contributed by atoms with E-state index in [1.54, 1.807) is 6.92 Å². The molecule has 0 amide bonds. The Kier molecular flexibility index (Phi) is 3.68. The second-order valence-electron chi connectivity index (χ2n) is 4.86. The van der Waals surface area contributed by atoms with Crippen LogP contribution in [0.15, 0.2) is 11.5 Å². The fourth-order valence-electron chi connectivity index (χ4n) is 2.36. The molecule has 106 valence electrons.